The van der Waals surface area contributed by atoms with Crippen molar-refractivity contribution in [2.75, 3.05) is 11.1 Å². The van der Waals surface area contributed by atoms with Crippen LogP contribution in [-0.4, -0.2) is 9.97 Å². The van der Waals surface area contributed by atoms with E-state index in [2.05, 4.69) is 31.2 Å². The van der Waals surface area contributed by atoms with Crippen molar-refractivity contribution in [1.29, 1.82) is 0 Å². The maximum absolute atomic E-state index is 13.5. The minimum atomic E-state index is -0.301. The number of nitrogens with one attached hydrogen (secondary N) is 1. The molecule has 1 aromatic heterocycles. The van der Waals surface area contributed by atoms with Gasteiger partial charge in [0.1, 0.15) is 17.8 Å². The lowest BCUT2D eigenvalue weighted by molar-refractivity contribution is 0.612. The van der Waals surface area contributed by atoms with Crippen LogP contribution < -0.4 is 11.1 Å². The van der Waals surface area contributed by atoms with E-state index in [1.54, 1.807) is 12.1 Å². The van der Waals surface area contributed by atoms with Gasteiger partial charge in [-0.3, -0.25) is 0 Å². The first-order valence-corrected chi connectivity index (χ1v) is 6.19. The van der Waals surface area contributed by atoms with Gasteiger partial charge in [-0.1, -0.05) is 27.5 Å². The number of anilines is 2. The molecule has 0 aliphatic carbocycles. The van der Waals surface area contributed by atoms with Crippen LogP contribution in [0, 0.1) is 5.82 Å². The summed E-state index contributed by atoms with van der Waals surface area (Å²) in [4.78, 5) is 7.67. The normalized spacial score (nSPS) is 10.4. The molecule has 2 rings (SSSR count). The Balaban J connectivity index is 2.16. The topological polar surface area (TPSA) is 63.8 Å². The molecule has 0 bridgehead atoms. The van der Waals surface area contributed by atoms with Crippen LogP contribution in [-0.2, 0) is 6.54 Å². The molecule has 4 nitrogen and oxygen atoms in total. The van der Waals surface area contributed by atoms with E-state index >= 15 is 0 Å². The van der Waals surface area contributed by atoms with Crippen molar-refractivity contribution in [3.8, 4) is 0 Å². The lowest BCUT2D eigenvalue weighted by Gasteiger charge is -2.09. The van der Waals surface area contributed by atoms with E-state index in [9.17, 15) is 4.39 Å². The van der Waals surface area contributed by atoms with Crippen molar-refractivity contribution in [3.63, 3.8) is 0 Å². The standard InChI is InChI=1S/C11H9BrClFN4/c12-7-1-2-8(14)6(3-7)4-16-11-9(15)10(13)17-5-18-11/h1-3,5H,4,15H2,(H,16,17,18). The molecule has 1 heterocycles. The monoisotopic (exact) mass is 330 g/mol. The maximum Gasteiger partial charge on any atom is 0.157 e. The van der Waals surface area contributed by atoms with Crippen molar-refractivity contribution in [1.82, 2.24) is 9.97 Å². The number of hydrogen-bond donors (Lipinski definition) is 2. The first-order chi connectivity index (χ1) is 8.58. The zero-order valence-corrected chi connectivity index (χ0v) is 11.5. The molecule has 0 aliphatic heterocycles. The molecular formula is C11H9BrClFN4. The van der Waals surface area contributed by atoms with Gasteiger partial charge in [-0.25, -0.2) is 14.4 Å². The fourth-order valence-corrected chi connectivity index (χ4v) is 1.91. The van der Waals surface area contributed by atoms with Gasteiger partial charge < -0.3 is 11.1 Å². The number of halogens is 3. The summed E-state index contributed by atoms with van der Waals surface area (Å²) in [5.74, 6) is 0.0822. The summed E-state index contributed by atoms with van der Waals surface area (Å²) in [7, 11) is 0. The van der Waals surface area contributed by atoms with Crippen LogP contribution >= 0.6 is 27.5 Å². The van der Waals surface area contributed by atoms with Crippen LogP contribution in [0.25, 0.3) is 0 Å². The van der Waals surface area contributed by atoms with Crippen molar-refractivity contribution >= 4 is 39.0 Å². The van der Waals surface area contributed by atoms with Gasteiger partial charge in [0, 0.05) is 16.6 Å². The highest BCUT2D eigenvalue weighted by molar-refractivity contribution is 9.10. The fourth-order valence-electron chi connectivity index (χ4n) is 1.37. The van der Waals surface area contributed by atoms with Gasteiger partial charge in [0.25, 0.3) is 0 Å². The van der Waals surface area contributed by atoms with Crippen molar-refractivity contribution in [2.45, 2.75) is 6.54 Å². The van der Waals surface area contributed by atoms with Gasteiger partial charge >= 0.3 is 0 Å². The smallest absolute Gasteiger partial charge is 0.157 e. The predicted molar refractivity (Wildman–Crippen MR) is 72.9 cm³/mol. The number of rotatable bonds is 3. The molecule has 0 radical (unpaired) electrons. The molecule has 1 aromatic carbocycles. The number of nitrogens with two attached hydrogens (primary N) is 1. The zero-order chi connectivity index (χ0) is 13.1. The summed E-state index contributed by atoms with van der Waals surface area (Å²) in [6.07, 6.45) is 1.29. The van der Waals surface area contributed by atoms with Gasteiger partial charge in [0.05, 0.1) is 0 Å². The van der Waals surface area contributed by atoms with E-state index in [4.69, 9.17) is 17.3 Å². The Kier molecular flexibility index (Phi) is 3.98. The molecule has 0 spiro atoms. The molecule has 0 atom stereocenters. The minimum absolute atomic E-state index is 0.169. The summed E-state index contributed by atoms with van der Waals surface area (Å²) < 4.78 is 14.3. The molecule has 7 heteroatoms. The molecular weight excluding hydrogens is 323 g/mol. The molecule has 18 heavy (non-hydrogen) atoms. The first-order valence-electron chi connectivity index (χ1n) is 5.01. The third-order valence-electron chi connectivity index (χ3n) is 2.29. The maximum atomic E-state index is 13.5. The summed E-state index contributed by atoms with van der Waals surface area (Å²) in [5.41, 5.74) is 6.44. The molecule has 2 aromatic rings. The quantitative estimate of drug-likeness (QED) is 0.848. The minimum Gasteiger partial charge on any atom is -0.393 e. The van der Waals surface area contributed by atoms with Crippen molar-refractivity contribution < 1.29 is 4.39 Å². The SMILES string of the molecule is Nc1c(Cl)ncnc1NCc1cc(Br)ccc1F. The Morgan fingerprint density at radius 3 is 2.94 bits per heavy atom. The van der Waals surface area contributed by atoms with Crippen LogP contribution in [0.15, 0.2) is 29.0 Å². The largest absolute Gasteiger partial charge is 0.393 e. The average Bonchev–Trinajstić information content (AvgIpc) is 2.35. The Hall–Kier alpha value is -1.40. The molecule has 3 N–H and O–H groups in total. The molecule has 0 amide bonds. The molecule has 0 aliphatic rings. The van der Waals surface area contributed by atoms with Gasteiger partial charge in [-0.05, 0) is 18.2 Å². The highest BCUT2D eigenvalue weighted by Gasteiger charge is 2.07. The van der Waals surface area contributed by atoms with Crippen LogP contribution in [0.5, 0.6) is 0 Å². The average molecular weight is 332 g/mol. The van der Waals surface area contributed by atoms with E-state index in [1.807, 2.05) is 0 Å². The number of aromatic nitrogens is 2. The highest BCUT2D eigenvalue weighted by Crippen LogP contribution is 2.23. The number of nitrogens with zero attached hydrogens (tertiary/aromatic N) is 2. The lowest BCUT2D eigenvalue weighted by Crippen LogP contribution is -2.07. The second-order valence-corrected chi connectivity index (χ2v) is 4.79. The van der Waals surface area contributed by atoms with Crippen LogP contribution in [0.1, 0.15) is 5.56 Å². The van der Waals surface area contributed by atoms with E-state index in [1.165, 1.54) is 12.4 Å². The number of benzene rings is 1. The molecule has 0 saturated carbocycles. The van der Waals surface area contributed by atoms with Crippen molar-refractivity contribution in [2.24, 2.45) is 0 Å². The summed E-state index contributed by atoms with van der Waals surface area (Å²) in [5, 5.41) is 3.09. The Labute approximate surface area is 117 Å². The lowest BCUT2D eigenvalue weighted by atomic mass is 10.2. The molecule has 0 unspecified atom stereocenters. The Bertz CT molecular complexity index is 577. The second kappa shape index (κ2) is 5.49. The van der Waals surface area contributed by atoms with Gasteiger partial charge in [0.15, 0.2) is 11.0 Å². The second-order valence-electron chi connectivity index (χ2n) is 3.52. The van der Waals surface area contributed by atoms with Gasteiger partial charge in [-0.2, -0.15) is 0 Å². The summed E-state index contributed by atoms with van der Waals surface area (Å²) in [6.45, 7) is 0.253. The summed E-state index contributed by atoms with van der Waals surface area (Å²) in [6, 6.07) is 4.70. The molecule has 94 valence electrons. The first kappa shape index (κ1) is 13.0. The Morgan fingerprint density at radius 1 is 1.39 bits per heavy atom. The van der Waals surface area contributed by atoms with E-state index < -0.39 is 0 Å². The molecule has 0 fully saturated rings. The van der Waals surface area contributed by atoms with Crippen molar-refractivity contribution in [3.05, 3.63) is 45.5 Å². The Morgan fingerprint density at radius 2 is 2.17 bits per heavy atom. The number of hydrogen-bond acceptors (Lipinski definition) is 4. The van der Waals surface area contributed by atoms with E-state index in [-0.39, 0.29) is 23.2 Å². The summed E-state index contributed by atoms with van der Waals surface area (Å²) >= 11 is 9.04. The predicted octanol–water partition coefficient (Wildman–Crippen LogP) is 3.23. The fraction of sp³-hybridized carbons (Fsp3) is 0.0909. The van der Waals surface area contributed by atoms with Crippen LogP contribution in [0.3, 0.4) is 0 Å². The van der Waals surface area contributed by atoms with E-state index in [0.717, 1.165) is 4.47 Å². The van der Waals surface area contributed by atoms with Gasteiger partial charge in [-0.15, -0.1) is 0 Å². The van der Waals surface area contributed by atoms with Crippen LogP contribution in [0.4, 0.5) is 15.9 Å². The van der Waals surface area contributed by atoms with Gasteiger partial charge in [0.2, 0.25) is 0 Å². The third kappa shape index (κ3) is 2.88. The highest BCUT2D eigenvalue weighted by atomic mass is 79.9. The van der Waals surface area contributed by atoms with E-state index in [0.29, 0.717) is 11.4 Å². The third-order valence-corrected chi connectivity index (χ3v) is 3.08. The van der Waals surface area contributed by atoms with Crippen LogP contribution in [0.2, 0.25) is 5.15 Å². The number of nitrogen functional groups attached to an aromatic ring is 1. The zero-order valence-electron chi connectivity index (χ0n) is 9.12. The molecule has 0 saturated heterocycles.